The zero-order valence-corrected chi connectivity index (χ0v) is 19.2. The van der Waals surface area contributed by atoms with Crippen molar-refractivity contribution in [1.29, 1.82) is 0 Å². The first-order valence-electron chi connectivity index (χ1n) is 10.2. The second kappa shape index (κ2) is 8.31. The largest absolute Gasteiger partial charge is 0.493 e. The second-order valence-electron chi connectivity index (χ2n) is 7.60. The number of halogens is 1. The number of ketones is 1. The minimum absolute atomic E-state index is 0.0903. The van der Waals surface area contributed by atoms with Crippen molar-refractivity contribution in [2.45, 2.75) is 18.7 Å². The fourth-order valence-electron chi connectivity index (χ4n) is 4.15. The molecule has 0 saturated carbocycles. The van der Waals surface area contributed by atoms with Gasteiger partial charge < -0.3 is 14.2 Å². The quantitative estimate of drug-likeness (QED) is 0.457. The Morgan fingerprint density at radius 2 is 1.78 bits per heavy atom. The second-order valence-corrected chi connectivity index (χ2v) is 8.51. The van der Waals surface area contributed by atoms with Crippen LogP contribution in [0.3, 0.4) is 0 Å². The summed E-state index contributed by atoms with van der Waals surface area (Å²) in [4.78, 5) is 13.4. The Labute approximate surface area is 194 Å². The van der Waals surface area contributed by atoms with Crippen LogP contribution in [0.1, 0.15) is 33.9 Å². The number of carbonyl (C=O) groups excluding carboxylic acids is 1. The maximum Gasteiger partial charge on any atom is 0.251 e. The van der Waals surface area contributed by atoms with Crippen LogP contribution in [0.4, 0.5) is 0 Å². The molecule has 0 fully saturated rings. The first-order chi connectivity index (χ1) is 15.6. The number of hydrazone groups is 1. The van der Waals surface area contributed by atoms with E-state index in [1.807, 2.05) is 54.6 Å². The van der Waals surface area contributed by atoms with Crippen molar-refractivity contribution in [3.63, 3.8) is 0 Å². The van der Waals surface area contributed by atoms with Gasteiger partial charge in [-0.15, -0.1) is 0 Å². The van der Waals surface area contributed by atoms with Gasteiger partial charge in [-0.2, -0.15) is 5.10 Å². The number of carbonyl (C=O) groups is 1. The number of Topliss-reactive ketones (excluding diaryl/α,β-unsaturated/α-hetero) is 1. The summed E-state index contributed by atoms with van der Waals surface area (Å²) in [6.07, 6.45) is -0.186. The molecule has 7 heteroatoms. The van der Waals surface area contributed by atoms with E-state index in [4.69, 9.17) is 19.3 Å². The number of nitrogens with zero attached hydrogens (tertiary/aromatic N) is 2. The maximum absolute atomic E-state index is 13.4. The van der Waals surface area contributed by atoms with E-state index in [-0.39, 0.29) is 11.8 Å². The van der Waals surface area contributed by atoms with Gasteiger partial charge in [-0.25, -0.2) is 5.01 Å². The number of rotatable bonds is 5. The minimum Gasteiger partial charge on any atom is -0.493 e. The molecule has 0 bridgehead atoms. The smallest absolute Gasteiger partial charge is 0.251 e. The van der Waals surface area contributed by atoms with Crippen molar-refractivity contribution in [3.05, 3.63) is 87.9 Å². The summed E-state index contributed by atoms with van der Waals surface area (Å²) >= 11 is 3.42. The molecule has 0 aliphatic carbocycles. The molecule has 0 spiro atoms. The Hall–Kier alpha value is -3.32. The van der Waals surface area contributed by atoms with Gasteiger partial charge >= 0.3 is 0 Å². The van der Waals surface area contributed by atoms with Crippen LogP contribution in [0.2, 0.25) is 0 Å². The van der Waals surface area contributed by atoms with Crippen LogP contribution >= 0.6 is 15.9 Å². The van der Waals surface area contributed by atoms with Crippen molar-refractivity contribution in [3.8, 4) is 17.2 Å². The Kier molecular flexibility index (Phi) is 5.35. The molecule has 162 valence electrons. The molecule has 0 unspecified atom stereocenters. The molecule has 0 amide bonds. The number of hydrogen-bond donors (Lipinski definition) is 0. The van der Waals surface area contributed by atoms with Gasteiger partial charge in [0.1, 0.15) is 5.75 Å². The van der Waals surface area contributed by atoms with Crippen LogP contribution in [-0.4, -0.2) is 37.0 Å². The van der Waals surface area contributed by atoms with Crippen LogP contribution in [0.25, 0.3) is 0 Å². The van der Waals surface area contributed by atoms with E-state index in [0.717, 1.165) is 21.3 Å². The number of methoxy groups -OCH3 is 2. The Balaban J connectivity index is 1.55. The number of para-hydroxylation sites is 1. The summed E-state index contributed by atoms with van der Waals surface area (Å²) in [5.74, 6) is 1.88. The molecular weight excluding hydrogens is 472 g/mol. The highest BCUT2D eigenvalue weighted by Gasteiger charge is 2.43. The third-order valence-corrected chi connectivity index (χ3v) is 6.30. The lowest BCUT2D eigenvalue weighted by atomic mass is 9.95. The molecule has 5 rings (SSSR count). The van der Waals surface area contributed by atoms with Crippen LogP contribution < -0.4 is 14.2 Å². The van der Waals surface area contributed by atoms with Crippen LogP contribution in [0.5, 0.6) is 17.2 Å². The molecule has 2 aliphatic heterocycles. The van der Waals surface area contributed by atoms with Gasteiger partial charge in [0.15, 0.2) is 11.5 Å². The Morgan fingerprint density at radius 3 is 2.53 bits per heavy atom. The standard InChI is InChI=1S/C25H21BrN2O4/c1-30-22-12-9-16(13-23(22)31-2)19-14-20-18-5-3-4-6-21(18)32-25(28(20)27-19)24(29)15-7-10-17(26)11-8-15/h3-13,20,25H,14H2,1-2H3/t20-,25+/m0/s1. The molecule has 0 aromatic heterocycles. The number of ether oxygens (including phenoxy) is 3. The fraction of sp³-hybridized carbons (Fsp3) is 0.200. The maximum atomic E-state index is 13.4. The van der Waals surface area contributed by atoms with E-state index >= 15 is 0 Å². The third kappa shape index (κ3) is 3.52. The van der Waals surface area contributed by atoms with E-state index < -0.39 is 6.23 Å². The molecule has 3 aromatic rings. The zero-order valence-electron chi connectivity index (χ0n) is 17.6. The van der Waals surface area contributed by atoms with Gasteiger partial charge in [-0.3, -0.25) is 4.79 Å². The van der Waals surface area contributed by atoms with Gasteiger partial charge in [-0.05, 0) is 36.4 Å². The average molecular weight is 493 g/mol. The van der Waals surface area contributed by atoms with E-state index in [1.165, 1.54) is 0 Å². The highest BCUT2D eigenvalue weighted by molar-refractivity contribution is 9.10. The van der Waals surface area contributed by atoms with Gasteiger partial charge in [0.05, 0.1) is 26.0 Å². The van der Waals surface area contributed by atoms with Crippen LogP contribution in [-0.2, 0) is 0 Å². The van der Waals surface area contributed by atoms with E-state index in [2.05, 4.69) is 15.9 Å². The molecule has 0 radical (unpaired) electrons. The van der Waals surface area contributed by atoms with Crippen LogP contribution in [0, 0.1) is 0 Å². The minimum atomic E-state index is -0.839. The molecule has 0 N–H and O–H groups in total. The predicted molar refractivity (Wildman–Crippen MR) is 125 cm³/mol. The monoisotopic (exact) mass is 492 g/mol. The number of benzene rings is 3. The summed E-state index contributed by atoms with van der Waals surface area (Å²) in [5.41, 5.74) is 3.38. The lowest BCUT2D eigenvalue weighted by Gasteiger charge is -2.37. The predicted octanol–water partition coefficient (Wildman–Crippen LogP) is 5.22. The van der Waals surface area contributed by atoms with Crippen molar-refractivity contribution in [2.75, 3.05) is 14.2 Å². The number of fused-ring (bicyclic) bond motifs is 3. The zero-order chi connectivity index (χ0) is 22.2. The first kappa shape index (κ1) is 20.6. The lowest BCUT2D eigenvalue weighted by Crippen LogP contribution is -2.45. The molecule has 6 nitrogen and oxygen atoms in total. The first-order valence-corrected chi connectivity index (χ1v) is 11.0. The van der Waals surface area contributed by atoms with Crippen LogP contribution in [0.15, 0.2) is 76.3 Å². The van der Waals surface area contributed by atoms with Crippen molar-refractivity contribution < 1.29 is 19.0 Å². The fourth-order valence-corrected chi connectivity index (χ4v) is 4.42. The lowest BCUT2D eigenvalue weighted by molar-refractivity contribution is -0.00455. The van der Waals surface area contributed by atoms with Gasteiger partial charge in [0, 0.05) is 27.6 Å². The third-order valence-electron chi connectivity index (χ3n) is 5.77. The van der Waals surface area contributed by atoms with E-state index in [9.17, 15) is 4.79 Å². The van der Waals surface area contributed by atoms with Gasteiger partial charge in [-0.1, -0.05) is 46.3 Å². The summed E-state index contributed by atoms with van der Waals surface area (Å²) in [5, 5.41) is 6.64. The topological polar surface area (TPSA) is 60.4 Å². The van der Waals surface area contributed by atoms with E-state index in [0.29, 0.717) is 29.2 Å². The Bertz CT molecular complexity index is 1210. The summed E-state index contributed by atoms with van der Waals surface area (Å²) in [6, 6.07) is 20.8. The molecule has 2 heterocycles. The SMILES string of the molecule is COc1ccc(C2=NN3[C@@H](C(=O)c4ccc(Br)cc4)Oc4ccccc4[C@@H]3C2)cc1OC. The molecule has 2 aliphatic rings. The molecule has 0 saturated heterocycles. The molecule has 3 aromatic carbocycles. The van der Waals surface area contributed by atoms with Gasteiger partial charge in [0.25, 0.3) is 6.23 Å². The molecule has 2 atom stereocenters. The van der Waals surface area contributed by atoms with E-state index in [1.54, 1.807) is 31.4 Å². The molecule has 32 heavy (non-hydrogen) atoms. The summed E-state index contributed by atoms with van der Waals surface area (Å²) in [6.45, 7) is 0. The summed E-state index contributed by atoms with van der Waals surface area (Å²) < 4.78 is 17.9. The normalized spacial score (nSPS) is 18.8. The Morgan fingerprint density at radius 1 is 1.03 bits per heavy atom. The van der Waals surface area contributed by atoms with Crippen molar-refractivity contribution in [1.82, 2.24) is 5.01 Å². The van der Waals surface area contributed by atoms with Crippen molar-refractivity contribution >= 4 is 27.4 Å². The highest BCUT2D eigenvalue weighted by Crippen LogP contribution is 2.44. The summed E-state index contributed by atoms with van der Waals surface area (Å²) in [7, 11) is 3.22. The van der Waals surface area contributed by atoms with Gasteiger partial charge in [0.2, 0.25) is 5.78 Å². The highest BCUT2D eigenvalue weighted by atomic mass is 79.9. The van der Waals surface area contributed by atoms with Crippen molar-refractivity contribution in [2.24, 2.45) is 5.10 Å². The molecular formula is C25H21BrN2O4. The average Bonchev–Trinajstić information content (AvgIpc) is 3.29. The number of hydrogen-bond acceptors (Lipinski definition) is 6.